The highest BCUT2D eigenvalue weighted by atomic mass is 16.7. The summed E-state index contributed by atoms with van der Waals surface area (Å²) in [6, 6.07) is 7.30. The van der Waals surface area contributed by atoms with Crippen molar-refractivity contribution >= 4 is 12.1 Å². The Hall–Kier alpha value is -3.95. The van der Waals surface area contributed by atoms with Crippen molar-refractivity contribution < 1.29 is 38.0 Å². The highest BCUT2D eigenvalue weighted by Crippen LogP contribution is 2.48. The van der Waals surface area contributed by atoms with Gasteiger partial charge in [0.15, 0.2) is 17.2 Å². The van der Waals surface area contributed by atoms with Gasteiger partial charge in [0.1, 0.15) is 0 Å². The summed E-state index contributed by atoms with van der Waals surface area (Å²) in [4.78, 5) is 32.5. The van der Waals surface area contributed by atoms with Crippen molar-refractivity contribution in [2.75, 3.05) is 28.4 Å². The lowest BCUT2D eigenvalue weighted by Crippen LogP contribution is -2.23. The first-order valence-corrected chi connectivity index (χ1v) is 10.8. The Morgan fingerprint density at radius 1 is 0.857 bits per heavy atom. The van der Waals surface area contributed by atoms with Gasteiger partial charge in [-0.15, -0.1) is 0 Å². The SMILES string of the molecule is CC(=O)OC(C)OC(N)=O.COc1cc2c(c(OC)c1OC)-c1ccc(OC)c(=O)cc1CCC2. The van der Waals surface area contributed by atoms with E-state index < -0.39 is 18.4 Å². The summed E-state index contributed by atoms with van der Waals surface area (Å²) in [5.41, 5.74) is 8.51. The molecule has 0 saturated heterocycles. The molecule has 2 N–H and O–H groups in total. The molecule has 0 fully saturated rings. The third-order valence-electron chi connectivity index (χ3n) is 5.20. The van der Waals surface area contributed by atoms with Gasteiger partial charge in [0, 0.05) is 19.4 Å². The van der Waals surface area contributed by atoms with Crippen LogP contribution >= 0.6 is 0 Å². The smallest absolute Gasteiger partial charge is 0.407 e. The van der Waals surface area contributed by atoms with Crippen LogP contribution in [0.25, 0.3) is 11.1 Å². The van der Waals surface area contributed by atoms with E-state index in [1.54, 1.807) is 33.5 Å². The number of carbonyl (C=O) groups excluding carboxylic acids is 2. The number of rotatable bonds is 6. The monoisotopic (exact) mass is 489 g/mol. The number of nitrogens with two attached hydrogens (primary N) is 1. The number of esters is 1. The maximum Gasteiger partial charge on any atom is 0.407 e. The van der Waals surface area contributed by atoms with Crippen LogP contribution in [0.5, 0.6) is 23.0 Å². The number of amides is 1. The minimum atomic E-state index is -0.964. The average Bonchev–Trinajstić information content (AvgIpc) is 3.05. The molecule has 0 saturated carbocycles. The van der Waals surface area contributed by atoms with Crippen LogP contribution < -0.4 is 30.1 Å². The van der Waals surface area contributed by atoms with E-state index in [1.165, 1.54) is 21.0 Å². The van der Waals surface area contributed by atoms with Crippen molar-refractivity contribution in [2.24, 2.45) is 5.73 Å². The van der Waals surface area contributed by atoms with Gasteiger partial charge in [0.2, 0.25) is 17.5 Å². The molecule has 0 heterocycles. The van der Waals surface area contributed by atoms with E-state index in [9.17, 15) is 14.4 Å². The standard InChI is InChI=1S/C20H22O5.C5H9NO4/c1-22-16-9-8-14-12(10-15(16)21)6-5-7-13-11-17(23-2)19(24-3)20(25-4)18(13)14;1-3(7)9-4(2)10-5(6)8/h8-11H,5-7H2,1-4H3;4H,1-2H3,(H2,6,8). The summed E-state index contributed by atoms with van der Waals surface area (Å²) >= 11 is 0. The Labute approximate surface area is 203 Å². The largest absolute Gasteiger partial charge is 0.493 e. The van der Waals surface area contributed by atoms with Crippen molar-refractivity contribution in [3.63, 3.8) is 0 Å². The van der Waals surface area contributed by atoms with Crippen LogP contribution in [-0.4, -0.2) is 46.8 Å². The molecule has 10 nitrogen and oxygen atoms in total. The van der Waals surface area contributed by atoms with Gasteiger partial charge in [-0.25, -0.2) is 4.79 Å². The molecule has 0 aromatic heterocycles. The van der Waals surface area contributed by atoms with E-state index in [-0.39, 0.29) is 5.43 Å². The van der Waals surface area contributed by atoms with E-state index in [1.807, 2.05) is 12.1 Å². The second-order valence-electron chi connectivity index (χ2n) is 7.50. The van der Waals surface area contributed by atoms with Gasteiger partial charge < -0.3 is 34.2 Å². The van der Waals surface area contributed by atoms with Gasteiger partial charge in [-0.3, -0.25) is 9.59 Å². The molecule has 0 bridgehead atoms. The summed E-state index contributed by atoms with van der Waals surface area (Å²) in [6.45, 7) is 2.60. The number of primary amides is 1. The van der Waals surface area contributed by atoms with Gasteiger partial charge >= 0.3 is 12.1 Å². The van der Waals surface area contributed by atoms with Crippen molar-refractivity contribution in [2.45, 2.75) is 39.4 Å². The molecular weight excluding hydrogens is 458 g/mol. The fourth-order valence-electron chi connectivity index (χ4n) is 3.86. The number of hydrogen-bond donors (Lipinski definition) is 1. The molecule has 1 unspecified atom stereocenters. The number of benzene rings is 1. The van der Waals surface area contributed by atoms with E-state index in [0.717, 1.165) is 41.5 Å². The topological polar surface area (TPSA) is 133 Å². The molecule has 190 valence electrons. The van der Waals surface area contributed by atoms with Crippen LogP contribution in [0, 0.1) is 0 Å². The Kier molecular flexibility index (Phi) is 9.74. The lowest BCUT2D eigenvalue weighted by molar-refractivity contribution is -0.161. The number of ether oxygens (including phenoxy) is 6. The summed E-state index contributed by atoms with van der Waals surface area (Å²) in [5.74, 6) is 1.63. The molecule has 3 rings (SSSR count). The fourth-order valence-corrected chi connectivity index (χ4v) is 3.86. The van der Waals surface area contributed by atoms with Crippen LogP contribution in [0.4, 0.5) is 4.79 Å². The maximum absolute atomic E-state index is 12.3. The predicted octanol–water partition coefficient (Wildman–Crippen LogP) is 3.23. The van der Waals surface area contributed by atoms with Crippen LogP contribution in [0.2, 0.25) is 0 Å². The second kappa shape index (κ2) is 12.5. The molecule has 1 aliphatic carbocycles. The molecule has 0 radical (unpaired) electrons. The highest BCUT2D eigenvalue weighted by molar-refractivity contribution is 5.82. The molecule has 1 atom stereocenters. The number of fused-ring (bicyclic) bond motifs is 3. The first kappa shape index (κ1) is 27.3. The summed E-state index contributed by atoms with van der Waals surface area (Å²) in [5, 5.41) is 0. The maximum atomic E-state index is 12.3. The molecule has 2 aromatic carbocycles. The quantitative estimate of drug-likeness (QED) is 0.480. The summed E-state index contributed by atoms with van der Waals surface area (Å²) in [6.07, 6.45) is 0.745. The van der Waals surface area contributed by atoms with Crippen molar-refractivity contribution in [1.82, 2.24) is 0 Å². The Morgan fingerprint density at radius 3 is 2.03 bits per heavy atom. The zero-order valence-electron chi connectivity index (χ0n) is 20.8. The Morgan fingerprint density at radius 2 is 1.49 bits per heavy atom. The van der Waals surface area contributed by atoms with Crippen LogP contribution in [-0.2, 0) is 27.1 Å². The minimum Gasteiger partial charge on any atom is -0.493 e. The first-order chi connectivity index (χ1) is 16.7. The van der Waals surface area contributed by atoms with Gasteiger partial charge in [-0.1, -0.05) is 6.07 Å². The lowest BCUT2D eigenvalue weighted by atomic mass is 9.96. The third kappa shape index (κ3) is 6.78. The van der Waals surface area contributed by atoms with Crippen molar-refractivity contribution in [3.8, 4) is 34.1 Å². The molecular formula is C25H31NO9. The van der Waals surface area contributed by atoms with E-state index in [4.69, 9.17) is 18.9 Å². The summed E-state index contributed by atoms with van der Waals surface area (Å²) < 4.78 is 30.6. The molecule has 2 aromatic rings. The number of aryl methyl sites for hydroxylation is 2. The first-order valence-electron chi connectivity index (χ1n) is 10.8. The van der Waals surface area contributed by atoms with Gasteiger partial charge in [-0.2, -0.15) is 0 Å². The molecule has 1 aliphatic rings. The van der Waals surface area contributed by atoms with Crippen LogP contribution in [0.15, 0.2) is 29.1 Å². The number of methoxy groups -OCH3 is 4. The van der Waals surface area contributed by atoms with Crippen LogP contribution in [0.1, 0.15) is 31.4 Å². The predicted molar refractivity (Wildman–Crippen MR) is 128 cm³/mol. The van der Waals surface area contributed by atoms with Crippen molar-refractivity contribution in [1.29, 1.82) is 0 Å². The van der Waals surface area contributed by atoms with Gasteiger partial charge in [0.25, 0.3) is 0 Å². The Balaban J connectivity index is 0.000000367. The molecule has 0 aliphatic heterocycles. The zero-order chi connectivity index (χ0) is 26.1. The van der Waals surface area contributed by atoms with E-state index in [2.05, 4.69) is 15.2 Å². The normalized spacial score (nSPS) is 12.3. The number of carbonyl (C=O) groups is 2. The van der Waals surface area contributed by atoms with Crippen molar-refractivity contribution in [3.05, 3.63) is 45.6 Å². The van der Waals surface area contributed by atoms with E-state index in [0.29, 0.717) is 23.0 Å². The number of hydrogen-bond acceptors (Lipinski definition) is 9. The molecule has 0 spiro atoms. The Bertz CT molecular complexity index is 1110. The van der Waals surface area contributed by atoms with E-state index >= 15 is 0 Å². The average molecular weight is 490 g/mol. The summed E-state index contributed by atoms with van der Waals surface area (Å²) in [7, 11) is 6.33. The molecule has 10 heteroatoms. The second-order valence-corrected chi connectivity index (χ2v) is 7.50. The lowest BCUT2D eigenvalue weighted by Gasteiger charge is -2.19. The molecule has 1 amide bonds. The molecule has 35 heavy (non-hydrogen) atoms. The van der Waals surface area contributed by atoms with Crippen LogP contribution in [0.3, 0.4) is 0 Å². The highest BCUT2D eigenvalue weighted by Gasteiger charge is 2.25. The third-order valence-corrected chi connectivity index (χ3v) is 5.20. The van der Waals surface area contributed by atoms with Gasteiger partial charge in [0.05, 0.1) is 28.4 Å². The zero-order valence-corrected chi connectivity index (χ0v) is 20.8. The fraction of sp³-hybridized carbons (Fsp3) is 0.400. The van der Waals surface area contributed by atoms with Gasteiger partial charge in [-0.05, 0) is 54.2 Å². The minimum absolute atomic E-state index is 0.119.